The summed E-state index contributed by atoms with van der Waals surface area (Å²) in [6.07, 6.45) is -6.99. The number of aliphatic hydroxyl groups is 5. The van der Waals surface area contributed by atoms with Crippen LogP contribution in [0, 0.1) is 5.41 Å². The summed E-state index contributed by atoms with van der Waals surface area (Å²) in [5.41, 5.74) is 22.3. The first-order chi connectivity index (χ1) is 21.7. The SMILES string of the molecule is CN[C@@H]1[C@@H](O)[C@@H](O[C@H]2[C@H](NC(=O)[C@@H](O)CCNC(=N)N)C[C@H](N)C(O[C@H]3OC(CNCC(N)CO)=CC[C@H]3N)[C@@H]2O)OC[C@]1(C)O. The molecule has 266 valence electrons. The van der Waals surface area contributed by atoms with E-state index < -0.39 is 84.8 Å². The molecule has 0 aromatic rings. The zero-order valence-corrected chi connectivity index (χ0v) is 26.2. The molecular weight excluding hydrogens is 610 g/mol. The summed E-state index contributed by atoms with van der Waals surface area (Å²) in [6, 6.07) is -3.76. The predicted molar refractivity (Wildman–Crippen MR) is 164 cm³/mol. The molecule has 2 aliphatic heterocycles. The van der Waals surface area contributed by atoms with E-state index in [1.807, 2.05) is 0 Å². The van der Waals surface area contributed by atoms with Gasteiger partial charge < -0.3 is 88.7 Å². The van der Waals surface area contributed by atoms with Crippen molar-refractivity contribution in [3.8, 4) is 0 Å². The zero-order valence-electron chi connectivity index (χ0n) is 26.2. The highest BCUT2D eigenvalue weighted by molar-refractivity contribution is 5.81. The van der Waals surface area contributed by atoms with Crippen LogP contribution in [-0.4, -0.2) is 156 Å². The van der Waals surface area contributed by atoms with E-state index in [2.05, 4.69) is 21.3 Å². The molecule has 3 aliphatic rings. The summed E-state index contributed by atoms with van der Waals surface area (Å²) >= 11 is 0. The lowest BCUT2D eigenvalue weighted by molar-refractivity contribution is -0.304. The predicted octanol–water partition coefficient (Wildman–Crippen LogP) is -6.51. The number of rotatable bonds is 15. The average Bonchev–Trinajstić information content (AvgIpc) is 2.99. The largest absolute Gasteiger partial charge is 0.467 e. The van der Waals surface area contributed by atoms with E-state index in [0.29, 0.717) is 18.7 Å². The molecule has 0 aromatic carbocycles. The van der Waals surface area contributed by atoms with Gasteiger partial charge in [-0.1, -0.05) is 0 Å². The summed E-state index contributed by atoms with van der Waals surface area (Å²) in [6.45, 7) is 1.79. The molecule has 0 spiro atoms. The molecule has 3 rings (SSSR count). The van der Waals surface area contributed by atoms with Crippen LogP contribution in [0.4, 0.5) is 0 Å². The Morgan fingerprint density at radius 3 is 2.54 bits per heavy atom. The van der Waals surface area contributed by atoms with E-state index in [4.69, 9.17) is 52.4 Å². The number of amides is 1. The van der Waals surface area contributed by atoms with Gasteiger partial charge in [0.15, 0.2) is 12.2 Å². The number of carbonyl (C=O) groups is 1. The number of aliphatic hydroxyl groups excluding tert-OH is 4. The third-order valence-corrected chi connectivity index (χ3v) is 8.28. The van der Waals surface area contributed by atoms with Crippen LogP contribution < -0.4 is 44.2 Å². The molecule has 1 saturated carbocycles. The molecule has 0 bridgehead atoms. The first-order valence-corrected chi connectivity index (χ1v) is 15.4. The van der Waals surface area contributed by atoms with Gasteiger partial charge in [-0.2, -0.15) is 0 Å². The highest BCUT2D eigenvalue weighted by atomic mass is 16.7. The van der Waals surface area contributed by atoms with Gasteiger partial charge in [-0.15, -0.1) is 0 Å². The second kappa shape index (κ2) is 17.2. The van der Waals surface area contributed by atoms with E-state index in [1.165, 1.54) is 6.92 Å². The lowest BCUT2D eigenvalue weighted by Gasteiger charge is -2.49. The normalized spacial score (nSPS) is 37.8. The fourth-order valence-electron chi connectivity index (χ4n) is 5.72. The smallest absolute Gasteiger partial charge is 0.249 e. The van der Waals surface area contributed by atoms with Crippen LogP contribution in [0.25, 0.3) is 0 Å². The highest BCUT2D eigenvalue weighted by Gasteiger charge is 2.52. The van der Waals surface area contributed by atoms with Gasteiger partial charge in [0.2, 0.25) is 12.2 Å². The third kappa shape index (κ3) is 10.1. The molecule has 19 nitrogen and oxygen atoms in total. The molecule has 1 amide bonds. The maximum atomic E-state index is 12.9. The van der Waals surface area contributed by atoms with Crippen molar-refractivity contribution in [2.24, 2.45) is 22.9 Å². The van der Waals surface area contributed by atoms with Gasteiger partial charge >= 0.3 is 0 Å². The Morgan fingerprint density at radius 2 is 1.89 bits per heavy atom. The van der Waals surface area contributed by atoms with Gasteiger partial charge in [0, 0.05) is 25.2 Å². The van der Waals surface area contributed by atoms with Crippen molar-refractivity contribution in [2.45, 2.75) is 105 Å². The van der Waals surface area contributed by atoms with E-state index in [0.717, 1.165) is 0 Å². The van der Waals surface area contributed by atoms with Gasteiger partial charge in [0.1, 0.15) is 41.9 Å². The molecule has 0 radical (unpaired) electrons. The van der Waals surface area contributed by atoms with Crippen molar-refractivity contribution in [1.82, 2.24) is 21.3 Å². The van der Waals surface area contributed by atoms with Crippen LogP contribution in [0.2, 0.25) is 0 Å². The van der Waals surface area contributed by atoms with E-state index in [1.54, 1.807) is 13.1 Å². The first-order valence-electron chi connectivity index (χ1n) is 15.4. The minimum Gasteiger partial charge on any atom is -0.467 e. The van der Waals surface area contributed by atoms with E-state index >= 15 is 0 Å². The van der Waals surface area contributed by atoms with Crippen molar-refractivity contribution in [3.63, 3.8) is 0 Å². The summed E-state index contributed by atoms with van der Waals surface area (Å²) in [4.78, 5) is 12.9. The van der Waals surface area contributed by atoms with Gasteiger partial charge in [-0.3, -0.25) is 10.2 Å². The Morgan fingerprint density at radius 1 is 1.20 bits per heavy atom. The number of hydrogen-bond donors (Lipinski definition) is 14. The van der Waals surface area contributed by atoms with Crippen LogP contribution in [0.5, 0.6) is 0 Å². The minimum absolute atomic E-state index is 0.0117. The molecule has 46 heavy (non-hydrogen) atoms. The standard InChI is InChI=1S/C27H53N9O10/c1-27(42)11-43-25(19(40)22(27)33-2)46-21-16(36-23(41)17(38)5-6-35-26(31)32)7-15(30)20(18(21)39)45-24-14(29)4-3-13(44-24)9-34-8-12(28)10-37/h3,12,14-22,24-25,33-34,37-40,42H,4-11,28-30H2,1-2H3,(H,36,41)(H4,31,32,35)/t12?,14-,15+,16-,17+,18+,19-,20?,21+,22-,24-,25-,27+/m1/s1. The zero-order chi connectivity index (χ0) is 34.2. The van der Waals surface area contributed by atoms with Crippen LogP contribution in [-0.2, 0) is 23.7 Å². The number of nitrogens with two attached hydrogens (primary N) is 4. The number of likely N-dealkylation sites (N-methyl/N-ethyl adjacent to an activating group) is 1. The summed E-state index contributed by atoms with van der Waals surface area (Å²) < 4.78 is 23.8. The number of ether oxygens (including phenoxy) is 4. The van der Waals surface area contributed by atoms with E-state index in [9.17, 15) is 25.2 Å². The number of guanidine groups is 1. The quantitative estimate of drug-likeness (QED) is 0.0572. The van der Waals surface area contributed by atoms with Crippen molar-refractivity contribution < 1.29 is 49.3 Å². The number of hydrogen-bond acceptors (Lipinski definition) is 16. The fourth-order valence-corrected chi connectivity index (χ4v) is 5.72. The first kappa shape index (κ1) is 38.2. The number of nitrogens with one attached hydrogen (secondary N) is 5. The third-order valence-electron chi connectivity index (χ3n) is 8.28. The molecular formula is C27H53N9O10. The second-order valence-corrected chi connectivity index (χ2v) is 12.3. The second-order valence-electron chi connectivity index (χ2n) is 12.3. The lowest BCUT2D eigenvalue weighted by atomic mass is 9.83. The van der Waals surface area contributed by atoms with Gasteiger partial charge in [0.25, 0.3) is 0 Å². The molecule has 18 N–H and O–H groups in total. The van der Waals surface area contributed by atoms with Crippen molar-refractivity contribution >= 4 is 11.9 Å². The lowest BCUT2D eigenvalue weighted by Crippen LogP contribution is -2.69. The van der Waals surface area contributed by atoms with Crippen molar-refractivity contribution in [2.75, 3.05) is 39.9 Å². The van der Waals surface area contributed by atoms with Gasteiger partial charge in [0.05, 0.1) is 37.9 Å². The molecule has 0 aromatic heterocycles. The Bertz CT molecular complexity index is 1030. The van der Waals surface area contributed by atoms with Crippen LogP contribution in [0.1, 0.15) is 26.2 Å². The Balaban J connectivity index is 1.76. The van der Waals surface area contributed by atoms with Gasteiger partial charge in [-0.05, 0) is 39.3 Å². The van der Waals surface area contributed by atoms with Crippen LogP contribution >= 0.6 is 0 Å². The van der Waals surface area contributed by atoms with Crippen molar-refractivity contribution in [1.29, 1.82) is 5.41 Å². The number of carbonyl (C=O) groups excluding carboxylic acids is 1. The maximum absolute atomic E-state index is 12.9. The highest BCUT2D eigenvalue weighted by Crippen LogP contribution is 2.32. The Kier molecular flexibility index (Phi) is 14.3. The molecule has 1 aliphatic carbocycles. The van der Waals surface area contributed by atoms with Crippen LogP contribution in [0.3, 0.4) is 0 Å². The molecule has 2 heterocycles. The van der Waals surface area contributed by atoms with Gasteiger partial charge in [-0.25, -0.2) is 0 Å². The maximum Gasteiger partial charge on any atom is 0.249 e. The average molecular weight is 664 g/mol. The molecule has 2 unspecified atom stereocenters. The minimum atomic E-state index is -1.51. The van der Waals surface area contributed by atoms with Crippen LogP contribution in [0.15, 0.2) is 11.8 Å². The van der Waals surface area contributed by atoms with E-state index in [-0.39, 0.29) is 45.1 Å². The Labute approximate surface area is 267 Å². The Hall–Kier alpha value is -2.24. The summed E-state index contributed by atoms with van der Waals surface area (Å²) in [7, 11) is 1.56. The summed E-state index contributed by atoms with van der Waals surface area (Å²) in [5.74, 6) is -0.583. The molecule has 2 fully saturated rings. The molecule has 1 saturated heterocycles. The monoisotopic (exact) mass is 663 g/mol. The molecule has 13 atom stereocenters. The van der Waals surface area contributed by atoms with Crippen molar-refractivity contribution in [3.05, 3.63) is 11.8 Å². The summed E-state index contributed by atoms with van der Waals surface area (Å²) in [5, 5.41) is 71.2. The fraction of sp³-hybridized carbons (Fsp3) is 0.852. The topological polar surface area (TPSA) is 331 Å². The molecule has 19 heteroatoms.